The Morgan fingerprint density at radius 3 is 2.84 bits per heavy atom. The number of hydrogen-bond donors (Lipinski definition) is 2. The number of nitrogens with zero attached hydrogens (tertiary/aromatic N) is 5. The van der Waals surface area contributed by atoms with Crippen molar-refractivity contribution in [3.8, 4) is 41.2 Å². The number of phenols is 1. The summed E-state index contributed by atoms with van der Waals surface area (Å²) in [6.45, 7) is 3.75. The largest absolute Gasteiger partial charge is 0.508 e. The molecule has 224 valence electrons. The highest BCUT2D eigenvalue weighted by Gasteiger charge is 2.46. The molecule has 2 aromatic heterocycles. The summed E-state index contributed by atoms with van der Waals surface area (Å²) in [6.07, 6.45) is 12.5. The zero-order valence-corrected chi connectivity index (χ0v) is 24.4. The minimum Gasteiger partial charge on any atom is -0.508 e. The van der Waals surface area contributed by atoms with Crippen LogP contribution in [0.1, 0.15) is 44.1 Å². The van der Waals surface area contributed by atoms with E-state index in [1.807, 2.05) is 12.1 Å². The van der Waals surface area contributed by atoms with Crippen molar-refractivity contribution in [2.24, 2.45) is 0 Å². The number of halogens is 1. The third-order valence-corrected chi connectivity index (χ3v) is 10.6. The summed E-state index contributed by atoms with van der Waals surface area (Å²) in [4.78, 5) is 19.3. The second kappa shape index (κ2) is 9.65. The van der Waals surface area contributed by atoms with E-state index in [9.17, 15) is 5.11 Å². The summed E-state index contributed by atoms with van der Waals surface area (Å²) in [6, 6.07) is 9.31. The highest BCUT2D eigenvalue weighted by Crippen LogP contribution is 2.45. The number of pyridine rings is 1. The van der Waals surface area contributed by atoms with Crippen LogP contribution in [0.15, 0.2) is 30.3 Å². The number of ether oxygens (including phenoxy) is 2. The monoisotopic (exact) mass is 592 g/mol. The molecular weight excluding hydrogens is 559 g/mol. The van der Waals surface area contributed by atoms with Gasteiger partial charge in [0.1, 0.15) is 41.4 Å². The van der Waals surface area contributed by atoms with Gasteiger partial charge in [-0.25, -0.2) is 9.37 Å². The number of rotatable bonds is 4. The fourth-order valence-corrected chi connectivity index (χ4v) is 8.54. The molecule has 3 atom stereocenters. The van der Waals surface area contributed by atoms with Gasteiger partial charge in [0.05, 0.1) is 11.6 Å². The molecule has 2 bridgehead atoms. The first-order chi connectivity index (χ1) is 21.5. The van der Waals surface area contributed by atoms with Gasteiger partial charge in [0.2, 0.25) is 5.88 Å². The SMILES string of the molecule is C#Cc1cccc2cc(O)cc(-c3nc4c5c(nc(OCC67CCCN6CCC7)nc5c3F)N3C[C@H]5CC[C@H](N5)[C@H]3CO4)c12. The molecule has 7 heterocycles. The number of aromatic nitrogens is 3. The standard InChI is InChI=1S/C34H33FN6O3/c1-2-19-6-3-7-20-14-22(42)15-23(26(19)20)29-28(35)30-27-31(39-33(38-30)44-18-34-10-4-12-40(34)13-5-11-34)41-16-21-8-9-24(36-21)25(41)17-43-32(27)37-29/h1,3,6-7,14-15,21,24-25,36,42H,4-5,8-13,16-18H2/t21-,24+,25-/m1/s1. The Morgan fingerprint density at radius 2 is 2.00 bits per heavy atom. The van der Waals surface area contributed by atoms with Crippen LogP contribution in [0, 0.1) is 18.2 Å². The van der Waals surface area contributed by atoms with Crippen LogP contribution in [-0.2, 0) is 0 Å². The summed E-state index contributed by atoms with van der Waals surface area (Å²) in [5.74, 6) is 2.95. The Bertz CT molecular complexity index is 1880. The number of nitrogens with one attached hydrogen (secondary N) is 1. The minimum absolute atomic E-state index is 0.00815. The molecule has 44 heavy (non-hydrogen) atoms. The molecule has 4 aromatic rings. The Balaban J connectivity index is 1.25. The van der Waals surface area contributed by atoms with Crippen molar-refractivity contribution in [3.05, 3.63) is 41.7 Å². The lowest BCUT2D eigenvalue weighted by Crippen LogP contribution is -2.60. The van der Waals surface area contributed by atoms with Gasteiger partial charge in [0.25, 0.3) is 0 Å². The molecule has 4 fully saturated rings. The summed E-state index contributed by atoms with van der Waals surface area (Å²) >= 11 is 0. The van der Waals surface area contributed by atoms with Crippen molar-refractivity contribution >= 4 is 27.5 Å². The Labute approximate surface area is 254 Å². The van der Waals surface area contributed by atoms with Gasteiger partial charge in [0, 0.05) is 35.1 Å². The van der Waals surface area contributed by atoms with Crippen LogP contribution < -0.4 is 19.7 Å². The predicted octanol–water partition coefficient (Wildman–Crippen LogP) is 4.38. The van der Waals surface area contributed by atoms with Crippen LogP contribution in [0.25, 0.3) is 32.9 Å². The number of piperazine rings is 1. The molecule has 10 heteroatoms. The number of anilines is 1. The van der Waals surface area contributed by atoms with E-state index in [2.05, 4.69) is 21.0 Å². The number of hydrogen-bond acceptors (Lipinski definition) is 9. The highest BCUT2D eigenvalue weighted by atomic mass is 19.1. The first-order valence-electron chi connectivity index (χ1n) is 15.7. The zero-order valence-electron chi connectivity index (χ0n) is 24.4. The molecule has 2 aromatic carbocycles. The molecule has 0 unspecified atom stereocenters. The van der Waals surface area contributed by atoms with E-state index >= 15 is 4.39 Å². The van der Waals surface area contributed by atoms with Gasteiger partial charge < -0.3 is 24.8 Å². The molecule has 5 aliphatic rings. The third kappa shape index (κ3) is 3.82. The molecule has 2 N–H and O–H groups in total. The van der Waals surface area contributed by atoms with Crippen molar-refractivity contribution in [2.75, 3.05) is 37.7 Å². The molecule has 0 amide bonds. The molecule has 0 aliphatic carbocycles. The molecule has 0 spiro atoms. The summed E-state index contributed by atoms with van der Waals surface area (Å²) in [5.41, 5.74) is 1.06. The van der Waals surface area contributed by atoms with Crippen LogP contribution in [0.3, 0.4) is 0 Å². The van der Waals surface area contributed by atoms with Crippen LogP contribution >= 0.6 is 0 Å². The van der Waals surface area contributed by atoms with Crippen molar-refractivity contribution in [1.29, 1.82) is 0 Å². The average Bonchev–Trinajstić information content (AvgIpc) is 3.71. The number of terminal acetylenes is 1. The Morgan fingerprint density at radius 1 is 1.14 bits per heavy atom. The van der Waals surface area contributed by atoms with E-state index in [1.165, 1.54) is 6.07 Å². The van der Waals surface area contributed by atoms with Crippen molar-refractivity contribution in [1.82, 2.24) is 25.2 Å². The zero-order chi connectivity index (χ0) is 29.6. The molecule has 5 aliphatic heterocycles. The third-order valence-electron chi connectivity index (χ3n) is 10.6. The maximum atomic E-state index is 17.0. The number of benzene rings is 2. The molecular formula is C34H33FN6O3. The van der Waals surface area contributed by atoms with Crippen molar-refractivity contribution in [2.45, 2.75) is 62.2 Å². The van der Waals surface area contributed by atoms with Gasteiger partial charge in [-0.05, 0) is 75.2 Å². The molecule has 0 radical (unpaired) electrons. The van der Waals surface area contributed by atoms with Gasteiger partial charge >= 0.3 is 6.01 Å². The van der Waals surface area contributed by atoms with Gasteiger partial charge in [-0.3, -0.25) is 4.90 Å². The summed E-state index contributed by atoms with van der Waals surface area (Å²) in [5, 5.41) is 16.2. The van der Waals surface area contributed by atoms with E-state index < -0.39 is 5.82 Å². The van der Waals surface area contributed by atoms with E-state index in [1.54, 1.807) is 12.1 Å². The lowest BCUT2D eigenvalue weighted by atomic mass is 9.95. The first kappa shape index (κ1) is 26.2. The molecule has 4 saturated heterocycles. The van der Waals surface area contributed by atoms with Crippen molar-refractivity contribution < 1.29 is 19.0 Å². The second-order valence-electron chi connectivity index (χ2n) is 13.0. The fraction of sp³-hybridized carbons (Fsp3) is 0.441. The topological polar surface area (TPSA) is 95.9 Å². The smallest absolute Gasteiger partial charge is 0.319 e. The molecule has 9 rings (SSSR count). The van der Waals surface area contributed by atoms with Crippen LogP contribution in [0.5, 0.6) is 17.6 Å². The lowest BCUT2D eigenvalue weighted by Gasteiger charge is -2.40. The van der Waals surface area contributed by atoms with Crippen molar-refractivity contribution in [3.63, 3.8) is 0 Å². The summed E-state index contributed by atoms with van der Waals surface area (Å²) < 4.78 is 29.8. The fourth-order valence-electron chi connectivity index (χ4n) is 8.54. The first-order valence-corrected chi connectivity index (χ1v) is 15.7. The maximum absolute atomic E-state index is 17.0. The van der Waals surface area contributed by atoms with E-state index in [0.29, 0.717) is 52.4 Å². The lowest BCUT2D eigenvalue weighted by molar-refractivity contribution is 0.108. The van der Waals surface area contributed by atoms with Gasteiger partial charge in [-0.15, -0.1) is 6.42 Å². The second-order valence-corrected chi connectivity index (χ2v) is 13.0. The normalized spacial score (nSPS) is 25.0. The molecule has 0 saturated carbocycles. The predicted molar refractivity (Wildman–Crippen MR) is 165 cm³/mol. The van der Waals surface area contributed by atoms with Crippen LogP contribution in [-0.4, -0.2) is 81.5 Å². The van der Waals surface area contributed by atoms with Gasteiger partial charge in [-0.1, -0.05) is 18.1 Å². The quantitative estimate of drug-likeness (QED) is 0.335. The highest BCUT2D eigenvalue weighted by molar-refractivity contribution is 6.04. The van der Waals surface area contributed by atoms with E-state index in [0.717, 1.165) is 58.2 Å². The summed E-state index contributed by atoms with van der Waals surface area (Å²) in [7, 11) is 0. The Kier molecular flexibility index (Phi) is 5.75. The number of phenolic OH excluding ortho intramolecular Hbond substituents is 1. The van der Waals surface area contributed by atoms with Gasteiger partial charge in [-0.2, -0.15) is 9.97 Å². The number of fused-ring (bicyclic) bond motifs is 7. The molecule has 9 nitrogen and oxygen atoms in total. The maximum Gasteiger partial charge on any atom is 0.319 e. The number of aromatic hydroxyl groups is 1. The van der Waals surface area contributed by atoms with E-state index in [4.69, 9.17) is 30.8 Å². The minimum atomic E-state index is -0.627. The Hall–Kier alpha value is -4.20. The van der Waals surface area contributed by atoms with Gasteiger partial charge in [0.15, 0.2) is 5.82 Å². The average molecular weight is 593 g/mol. The van der Waals surface area contributed by atoms with E-state index in [-0.39, 0.29) is 46.5 Å². The van der Waals surface area contributed by atoms with Crippen LogP contribution in [0.4, 0.5) is 10.2 Å². The van der Waals surface area contributed by atoms with Crippen LogP contribution in [0.2, 0.25) is 0 Å².